The van der Waals surface area contributed by atoms with Gasteiger partial charge in [-0.3, -0.25) is 0 Å². The molecular weight excluding hydrogens is 208 g/mol. The highest BCUT2D eigenvalue weighted by atomic mass is 35.5. The quantitative estimate of drug-likeness (QED) is 0.512. The van der Waals surface area contributed by atoms with Gasteiger partial charge in [0.15, 0.2) is 0 Å². The van der Waals surface area contributed by atoms with Crippen molar-refractivity contribution in [3.05, 3.63) is 0 Å². The van der Waals surface area contributed by atoms with E-state index < -0.39 is 0 Å². The van der Waals surface area contributed by atoms with Crippen LogP contribution in [0.15, 0.2) is 0 Å². The molecule has 0 amide bonds. The number of rotatable bonds is 2. The fraction of sp³-hybridized carbons (Fsp3) is 1.00. The van der Waals surface area contributed by atoms with Gasteiger partial charge < -0.3 is 4.74 Å². The van der Waals surface area contributed by atoms with Crippen molar-refractivity contribution in [1.29, 1.82) is 0 Å². The van der Waals surface area contributed by atoms with E-state index in [1.165, 1.54) is 51.4 Å². The van der Waals surface area contributed by atoms with Crippen LogP contribution >= 0.6 is 11.6 Å². The first-order chi connectivity index (χ1) is 7.25. The van der Waals surface area contributed by atoms with Gasteiger partial charge in [0.05, 0.1) is 12.2 Å². The van der Waals surface area contributed by atoms with E-state index in [1.807, 2.05) is 0 Å². The van der Waals surface area contributed by atoms with Crippen LogP contribution in [0.4, 0.5) is 0 Å². The number of halogens is 1. The zero-order chi connectivity index (χ0) is 10.7. The van der Waals surface area contributed by atoms with E-state index in [0.717, 1.165) is 0 Å². The molecule has 0 aromatic heterocycles. The van der Waals surface area contributed by atoms with Crippen LogP contribution in [-0.4, -0.2) is 17.6 Å². The van der Waals surface area contributed by atoms with Crippen LogP contribution < -0.4 is 0 Å². The summed E-state index contributed by atoms with van der Waals surface area (Å²) in [4.78, 5) is 0. The zero-order valence-electron chi connectivity index (χ0n) is 9.75. The molecule has 0 spiro atoms. The molecule has 1 nitrogen and oxygen atoms in total. The Bertz CT molecular complexity index is 195. The van der Waals surface area contributed by atoms with Gasteiger partial charge in [0.2, 0.25) is 0 Å². The molecule has 4 atom stereocenters. The SMILES string of the molecule is CC1CCC(CC2CCCCCC2Cl)O1. The molecule has 1 aliphatic heterocycles. The fourth-order valence-corrected chi connectivity index (χ4v) is 3.38. The van der Waals surface area contributed by atoms with E-state index in [4.69, 9.17) is 16.3 Å². The standard InChI is InChI=1S/C13H23ClO/c1-10-7-8-12(15-10)9-11-5-3-2-4-6-13(11)14/h10-13H,2-9H2,1H3. The second-order valence-electron chi connectivity index (χ2n) is 5.30. The topological polar surface area (TPSA) is 9.23 Å². The molecule has 1 heterocycles. The number of ether oxygens (including phenoxy) is 1. The first-order valence-corrected chi connectivity index (χ1v) is 6.99. The predicted octanol–water partition coefficient (Wildman–Crippen LogP) is 4.13. The second-order valence-corrected chi connectivity index (χ2v) is 5.86. The molecule has 0 N–H and O–H groups in total. The Kier molecular flexibility index (Phi) is 4.33. The molecule has 2 rings (SSSR count). The lowest BCUT2D eigenvalue weighted by Crippen LogP contribution is -2.20. The van der Waals surface area contributed by atoms with Crippen LogP contribution in [0.25, 0.3) is 0 Å². The summed E-state index contributed by atoms with van der Waals surface area (Å²) in [6.07, 6.45) is 11.3. The zero-order valence-corrected chi connectivity index (χ0v) is 10.5. The van der Waals surface area contributed by atoms with Crippen LogP contribution in [0.5, 0.6) is 0 Å². The van der Waals surface area contributed by atoms with Gasteiger partial charge in [0.25, 0.3) is 0 Å². The predicted molar refractivity (Wildman–Crippen MR) is 64.4 cm³/mol. The molecule has 0 radical (unpaired) electrons. The molecule has 0 aromatic rings. The average molecular weight is 231 g/mol. The molecule has 0 bridgehead atoms. The first kappa shape index (κ1) is 11.7. The molecule has 15 heavy (non-hydrogen) atoms. The summed E-state index contributed by atoms with van der Waals surface area (Å²) < 4.78 is 5.89. The third-order valence-electron chi connectivity index (χ3n) is 3.95. The largest absolute Gasteiger partial charge is 0.375 e. The Morgan fingerprint density at radius 2 is 1.87 bits per heavy atom. The van der Waals surface area contributed by atoms with Gasteiger partial charge in [-0.2, -0.15) is 0 Å². The van der Waals surface area contributed by atoms with Crippen molar-refractivity contribution in [2.45, 2.75) is 75.9 Å². The molecule has 0 aromatic carbocycles. The lowest BCUT2D eigenvalue weighted by molar-refractivity contribution is 0.0397. The van der Waals surface area contributed by atoms with E-state index in [9.17, 15) is 0 Å². The maximum absolute atomic E-state index is 6.45. The van der Waals surface area contributed by atoms with E-state index in [-0.39, 0.29) is 0 Å². The molecule has 2 heteroatoms. The number of alkyl halides is 1. The van der Waals surface area contributed by atoms with Crippen molar-refractivity contribution >= 4 is 11.6 Å². The second kappa shape index (κ2) is 5.54. The van der Waals surface area contributed by atoms with Gasteiger partial charge >= 0.3 is 0 Å². The van der Waals surface area contributed by atoms with Gasteiger partial charge in [-0.1, -0.05) is 19.3 Å². The molecule has 1 saturated heterocycles. The highest BCUT2D eigenvalue weighted by Gasteiger charge is 2.29. The molecule has 1 saturated carbocycles. The Morgan fingerprint density at radius 1 is 1.07 bits per heavy atom. The Morgan fingerprint density at radius 3 is 2.60 bits per heavy atom. The third-order valence-corrected chi connectivity index (χ3v) is 4.53. The molecule has 1 aliphatic carbocycles. The van der Waals surface area contributed by atoms with Gasteiger partial charge in [0, 0.05) is 5.38 Å². The van der Waals surface area contributed by atoms with Gasteiger partial charge in [-0.05, 0) is 44.9 Å². The smallest absolute Gasteiger partial charge is 0.0582 e. The average Bonchev–Trinajstić information content (AvgIpc) is 2.50. The van der Waals surface area contributed by atoms with Gasteiger partial charge in [-0.15, -0.1) is 11.6 Å². The van der Waals surface area contributed by atoms with Crippen molar-refractivity contribution in [1.82, 2.24) is 0 Å². The maximum atomic E-state index is 6.45. The normalized spacial score (nSPS) is 42.8. The summed E-state index contributed by atoms with van der Waals surface area (Å²) in [7, 11) is 0. The summed E-state index contributed by atoms with van der Waals surface area (Å²) >= 11 is 6.45. The first-order valence-electron chi connectivity index (χ1n) is 6.55. The summed E-state index contributed by atoms with van der Waals surface area (Å²) in [6.45, 7) is 2.19. The molecule has 2 fully saturated rings. The highest BCUT2D eigenvalue weighted by molar-refractivity contribution is 6.20. The molecular formula is C13H23ClO. The molecule has 2 aliphatic rings. The van der Waals surface area contributed by atoms with Crippen molar-refractivity contribution in [2.75, 3.05) is 0 Å². The molecule has 88 valence electrons. The summed E-state index contributed by atoms with van der Waals surface area (Å²) in [5.41, 5.74) is 0. The minimum atomic E-state index is 0.409. The van der Waals surface area contributed by atoms with Crippen molar-refractivity contribution in [3.63, 3.8) is 0 Å². The Hall–Kier alpha value is 0.250. The van der Waals surface area contributed by atoms with Crippen molar-refractivity contribution < 1.29 is 4.74 Å². The van der Waals surface area contributed by atoms with E-state index >= 15 is 0 Å². The van der Waals surface area contributed by atoms with E-state index in [1.54, 1.807) is 0 Å². The summed E-state index contributed by atoms with van der Waals surface area (Å²) in [5, 5.41) is 0.409. The minimum absolute atomic E-state index is 0.409. The molecule has 4 unspecified atom stereocenters. The fourth-order valence-electron chi connectivity index (χ4n) is 3.00. The summed E-state index contributed by atoms with van der Waals surface area (Å²) in [5.74, 6) is 0.712. The highest BCUT2D eigenvalue weighted by Crippen LogP contribution is 2.34. The van der Waals surface area contributed by atoms with Crippen LogP contribution in [0.3, 0.4) is 0 Å². The summed E-state index contributed by atoms with van der Waals surface area (Å²) in [6, 6.07) is 0. The monoisotopic (exact) mass is 230 g/mol. The van der Waals surface area contributed by atoms with E-state index in [0.29, 0.717) is 23.5 Å². The van der Waals surface area contributed by atoms with Gasteiger partial charge in [0.1, 0.15) is 0 Å². The Labute approximate surface area is 98.5 Å². The maximum Gasteiger partial charge on any atom is 0.0582 e. The van der Waals surface area contributed by atoms with Gasteiger partial charge in [-0.25, -0.2) is 0 Å². The van der Waals surface area contributed by atoms with E-state index in [2.05, 4.69) is 6.92 Å². The van der Waals surface area contributed by atoms with Crippen LogP contribution in [0.1, 0.15) is 58.3 Å². The number of hydrogen-bond donors (Lipinski definition) is 0. The minimum Gasteiger partial charge on any atom is -0.375 e. The van der Waals surface area contributed by atoms with Crippen LogP contribution in [-0.2, 0) is 4.74 Å². The number of hydrogen-bond acceptors (Lipinski definition) is 1. The van der Waals surface area contributed by atoms with Crippen LogP contribution in [0, 0.1) is 5.92 Å². The third kappa shape index (κ3) is 3.35. The lowest BCUT2D eigenvalue weighted by atomic mass is 9.92. The van der Waals surface area contributed by atoms with Crippen LogP contribution in [0.2, 0.25) is 0 Å². The lowest BCUT2D eigenvalue weighted by Gasteiger charge is -2.23. The van der Waals surface area contributed by atoms with Crippen molar-refractivity contribution in [3.8, 4) is 0 Å². The Balaban J connectivity index is 1.81. The van der Waals surface area contributed by atoms with Crippen molar-refractivity contribution in [2.24, 2.45) is 5.92 Å².